The molecule has 1 aromatic carbocycles. The minimum atomic E-state index is -0.589. The van der Waals surface area contributed by atoms with Gasteiger partial charge in [0.1, 0.15) is 17.2 Å². The molecule has 11 heteroatoms. The zero-order valence-electron chi connectivity index (χ0n) is 11.5. The van der Waals surface area contributed by atoms with Crippen LogP contribution in [-0.4, -0.2) is 31.1 Å². The Morgan fingerprint density at radius 1 is 1.08 bits per heavy atom. The first-order chi connectivity index (χ1) is 11.5. The number of anilines is 1. The molecule has 0 atom stereocenters. The van der Waals surface area contributed by atoms with Crippen molar-refractivity contribution in [1.29, 1.82) is 0 Å². The van der Waals surface area contributed by atoms with Crippen LogP contribution in [0.5, 0.6) is 0 Å². The molecule has 3 aromatic rings. The molecule has 1 N–H and O–H groups in total. The van der Waals surface area contributed by atoms with E-state index in [1.165, 1.54) is 11.0 Å². The Balaban J connectivity index is 1.90. The quantitative estimate of drug-likeness (QED) is 0.669. The summed E-state index contributed by atoms with van der Waals surface area (Å²) in [5, 5.41) is 13.3. The van der Waals surface area contributed by atoms with Crippen LogP contribution in [0.4, 0.5) is 5.69 Å². The summed E-state index contributed by atoms with van der Waals surface area (Å²) in [5.74, 6) is -0.589. The molecule has 0 unspecified atom stereocenters. The van der Waals surface area contributed by atoms with Gasteiger partial charge in [0, 0.05) is 5.69 Å². The van der Waals surface area contributed by atoms with E-state index in [0.29, 0.717) is 11.4 Å². The fourth-order valence-corrected chi connectivity index (χ4v) is 2.65. The predicted octanol–water partition coefficient (Wildman–Crippen LogP) is 3.92. The molecule has 122 valence electrons. The minimum absolute atomic E-state index is 0.0134. The number of hydrogen-bond acceptors (Lipinski definition) is 5. The number of rotatable bonds is 3. The lowest BCUT2D eigenvalue weighted by atomic mass is 10.2. The second kappa shape index (κ2) is 6.90. The second-order valence-electron chi connectivity index (χ2n) is 4.45. The highest BCUT2D eigenvalue weighted by atomic mass is 35.5. The molecule has 0 spiro atoms. The molecular weight excluding hydrogens is 398 g/mol. The minimum Gasteiger partial charge on any atom is -0.321 e. The number of hydrogen-bond donors (Lipinski definition) is 1. The summed E-state index contributed by atoms with van der Waals surface area (Å²) in [6, 6.07) is 6.84. The number of halogens is 4. The number of nitrogens with zero attached hydrogens (tertiary/aromatic N) is 5. The Morgan fingerprint density at radius 3 is 2.58 bits per heavy atom. The molecule has 7 nitrogen and oxygen atoms in total. The zero-order chi connectivity index (χ0) is 17.3. The van der Waals surface area contributed by atoms with Crippen LogP contribution in [0.2, 0.25) is 20.2 Å². The van der Waals surface area contributed by atoms with Gasteiger partial charge in [0.05, 0.1) is 20.8 Å². The standard InChI is InChI=1S/C13H6Cl4N6O/c14-8-9(15)11(20-12(17)10(8)16)13(24)19-6-2-1-3-7(4-6)23-5-18-21-22-23/h1-5H,(H,19,24). The SMILES string of the molecule is O=C(Nc1cccc(-n2cnnn2)c1)c1nc(Cl)c(Cl)c(Cl)c1Cl. The summed E-state index contributed by atoms with van der Waals surface area (Å²) in [5.41, 5.74) is 1.00. The average Bonchev–Trinajstić information content (AvgIpc) is 3.11. The van der Waals surface area contributed by atoms with Crippen molar-refractivity contribution in [3.05, 3.63) is 56.5 Å². The van der Waals surface area contributed by atoms with Crippen molar-refractivity contribution < 1.29 is 4.79 Å². The van der Waals surface area contributed by atoms with Gasteiger partial charge in [-0.25, -0.2) is 9.67 Å². The molecule has 0 aliphatic rings. The van der Waals surface area contributed by atoms with Gasteiger partial charge in [0.15, 0.2) is 0 Å². The Hall–Kier alpha value is -1.93. The van der Waals surface area contributed by atoms with E-state index in [0.717, 1.165) is 0 Å². The van der Waals surface area contributed by atoms with Crippen LogP contribution in [0.3, 0.4) is 0 Å². The molecule has 2 heterocycles. The van der Waals surface area contributed by atoms with Crippen molar-refractivity contribution >= 4 is 58.0 Å². The highest BCUT2D eigenvalue weighted by Crippen LogP contribution is 2.36. The highest BCUT2D eigenvalue weighted by Gasteiger charge is 2.20. The lowest BCUT2D eigenvalue weighted by Gasteiger charge is -2.10. The molecule has 1 amide bonds. The van der Waals surface area contributed by atoms with Crippen LogP contribution >= 0.6 is 46.4 Å². The molecular formula is C13H6Cl4N6O. The van der Waals surface area contributed by atoms with Crippen LogP contribution in [-0.2, 0) is 0 Å². The molecule has 3 rings (SSSR count). The molecule has 2 aromatic heterocycles. The maximum atomic E-state index is 12.4. The van der Waals surface area contributed by atoms with E-state index in [1.807, 2.05) is 0 Å². The fraction of sp³-hybridized carbons (Fsp3) is 0. The van der Waals surface area contributed by atoms with E-state index < -0.39 is 5.91 Å². The van der Waals surface area contributed by atoms with Crippen molar-refractivity contribution in [1.82, 2.24) is 25.2 Å². The third kappa shape index (κ3) is 3.29. The van der Waals surface area contributed by atoms with Gasteiger partial charge in [0.2, 0.25) is 0 Å². The number of carbonyl (C=O) groups excluding carboxylic acids is 1. The normalized spacial score (nSPS) is 10.7. The molecule has 0 radical (unpaired) electrons. The summed E-state index contributed by atoms with van der Waals surface area (Å²) in [6.07, 6.45) is 1.43. The van der Waals surface area contributed by atoms with Crippen LogP contribution in [0.15, 0.2) is 30.6 Å². The predicted molar refractivity (Wildman–Crippen MR) is 91.4 cm³/mol. The van der Waals surface area contributed by atoms with Gasteiger partial charge >= 0.3 is 0 Å². The third-order valence-corrected chi connectivity index (χ3v) is 4.59. The van der Waals surface area contributed by atoms with Crippen LogP contribution < -0.4 is 5.32 Å². The number of aromatic nitrogens is 5. The molecule has 0 bridgehead atoms. The van der Waals surface area contributed by atoms with Gasteiger partial charge in [-0.1, -0.05) is 52.5 Å². The molecule has 0 saturated carbocycles. The maximum absolute atomic E-state index is 12.4. The molecule has 0 saturated heterocycles. The molecule has 24 heavy (non-hydrogen) atoms. The Bertz CT molecular complexity index is 915. The van der Waals surface area contributed by atoms with Crippen molar-refractivity contribution in [2.45, 2.75) is 0 Å². The number of nitrogens with one attached hydrogen (secondary N) is 1. The van der Waals surface area contributed by atoms with E-state index in [4.69, 9.17) is 46.4 Å². The topological polar surface area (TPSA) is 85.6 Å². The summed E-state index contributed by atoms with van der Waals surface area (Å²) in [4.78, 5) is 16.3. The first kappa shape index (κ1) is 16.9. The summed E-state index contributed by atoms with van der Waals surface area (Å²) in [6.45, 7) is 0. The lowest BCUT2D eigenvalue weighted by Crippen LogP contribution is -2.15. The van der Waals surface area contributed by atoms with Gasteiger partial charge in [0.25, 0.3) is 5.91 Å². The monoisotopic (exact) mass is 402 g/mol. The first-order valence-corrected chi connectivity index (χ1v) is 7.83. The highest BCUT2D eigenvalue weighted by molar-refractivity contribution is 6.52. The molecule has 0 fully saturated rings. The molecule has 0 aliphatic heterocycles. The van der Waals surface area contributed by atoms with Crippen LogP contribution in [0.25, 0.3) is 5.69 Å². The largest absolute Gasteiger partial charge is 0.321 e. The van der Waals surface area contributed by atoms with Crippen molar-refractivity contribution in [3.63, 3.8) is 0 Å². The van der Waals surface area contributed by atoms with E-state index in [2.05, 4.69) is 25.8 Å². The van der Waals surface area contributed by atoms with Gasteiger partial charge in [-0.05, 0) is 28.6 Å². The van der Waals surface area contributed by atoms with Gasteiger partial charge in [-0.15, -0.1) is 5.10 Å². The van der Waals surface area contributed by atoms with E-state index in [-0.39, 0.29) is 25.9 Å². The average molecular weight is 404 g/mol. The summed E-state index contributed by atoms with van der Waals surface area (Å²) in [7, 11) is 0. The fourth-order valence-electron chi connectivity index (χ4n) is 1.83. The summed E-state index contributed by atoms with van der Waals surface area (Å²) < 4.78 is 1.44. The van der Waals surface area contributed by atoms with Gasteiger partial charge in [-0.2, -0.15) is 0 Å². The van der Waals surface area contributed by atoms with Crippen LogP contribution in [0.1, 0.15) is 10.5 Å². The van der Waals surface area contributed by atoms with Crippen molar-refractivity contribution in [3.8, 4) is 5.69 Å². The van der Waals surface area contributed by atoms with Crippen molar-refractivity contribution in [2.24, 2.45) is 0 Å². The second-order valence-corrected chi connectivity index (χ2v) is 5.94. The van der Waals surface area contributed by atoms with E-state index >= 15 is 0 Å². The van der Waals surface area contributed by atoms with Gasteiger partial charge < -0.3 is 5.32 Å². The lowest BCUT2D eigenvalue weighted by molar-refractivity contribution is 0.102. The maximum Gasteiger partial charge on any atom is 0.275 e. The van der Waals surface area contributed by atoms with E-state index in [9.17, 15) is 4.79 Å². The number of amides is 1. The number of benzene rings is 1. The smallest absolute Gasteiger partial charge is 0.275 e. The van der Waals surface area contributed by atoms with Crippen molar-refractivity contribution in [2.75, 3.05) is 5.32 Å². The third-order valence-electron chi connectivity index (χ3n) is 2.92. The Kier molecular flexibility index (Phi) is 4.86. The number of tetrazole rings is 1. The molecule has 0 aliphatic carbocycles. The Morgan fingerprint density at radius 2 is 1.88 bits per heavy atom. The number of pyridine rings is 1. The summed E-state index contributed by atoms with van der Waals surface area (Å²) >= 11 is 23.6. The number of carbonyl (C=O) groups is 1. The first-order valence-electron chi connectivity index (χ1n) is 6.32. The van der Waals surface area contributed by atoms with Gasteiger partial charge in [-0.3, -0.25) is 4.79 Å². The van der Waals surface area contributed by atoms with Crippen LogP contribution in [0, 0.1) is 0 Å². The zero-order valence-corrected chi connectivity index (χ0v) is 14.6. The Labute approximate surface area is 155 Å². The van der Waals surface area contributed by atoms with E-state index in [1.54, 1.807) is 24.3 Å².